The lowest BCUT2D eigenvalue weighted by atomic mass is 9.92. The molecule has 210 valence electrons. The first kappa shape index (κ1) is 26.0. The Kier molecular flexibility index (Phi) is 6.55. The Labute approximate surface area is 227 Å². The van der Waals surface area contributed by atoms with E-state index in [2.05, 4.69) is 16.0 Å². The van der Waals surface area contributed by atoms with Crippen molar-refractivity contribution < 1.29 is 32.0 Å². The van der Waals surface area contributed by atoms with Crippen molar-refractivity contribution in [1.82, 2.24) is 9.55 Å². The SMILES string of the molecule is Cc1cc(N2CCC(Cc3cc4cc(C(F)(F)F)ccc4o3)CC2)ccc1OC[C@H]1Cn2cc([N+](=O)[O-])nc2O1. The molecule has 1 fully saturated rings. The van der Waals surface area contributed by atoms with Gasteiger partial charge in [-0.1, -0.05) is 0 Å². The van der Waals surface area contributed by atoms with Crippen molar-refractivity contribution in [2.24, 2.45) is 5.92 Å². The van der Waals surface area contributed by atoms with E-state index in [9.17, 15) is 23.3 Å². The number of nitrogens with zero attached hydrogens (tertiary/aromatic N) is 4. The summed E-state index contributed by atoms with van der Waals surface area (Å²) in [6, 6.07) is 11.6. The lowest BCUT2D eigenvalue weighted by Crippen LogP contribution is -2.34. The van der Waals surface area contributed by atoms with Gasteiger partial charge in [-0.05, 0) is 78.6 Å². The van der Waals surface area contributed by atoms with E-state index in [1.54, 1.807) is 10.6 Å². The molecule has 2 aliphatic heterocycles. The van der Waals surface area contributed by atoms with Gasteiger partial charge >= 0.3 is 18.0 Å². The number of aromatic nitrogens is 2. The van der Waals surface area contributed by atoms with Crippen LogP contribution in [0.25, 0.3) is 11.0 Å². The third kappa shape index (κ3) is 5.30. The van der Waals surface area contributed by atoms with Crippen molar-refractivity contribution in [1.29, 1.82) is 0 Å². The summed E-state index contributed by atoms with van der Waals surface area (Å²) >= 11 is 0. The van der Waals surface area contributed by atoms with Crippen LogP contribution in [0.15, 0.2) is 53.1 Å². The number of hydrogen-bond acceptors (Lipinski definition) is 7. The van der Waals surface area contributed by atoms with Gasteiger partial charge in [-0.15, -0.1) is 0 Å². The molecule has 0 bridgehead atoms. The van der Waals surface area contributed by atoms with Crippen molar-refractivity contribution >= 4 is 22.5 Å². The van der Waals surface area contributed by atoms with Crippen LogP contribution in [0, 0.1) is 23.0 Å². The molecule has 1 atom stereocenters. The predicted octanol–water partition coefficient (Wildman–Crippen LogP) is 6.16. The zero-order chi connectivity index (χ0) is 28.0. The Bertz CT molecular complexity index is 1530. The fourth-order valence-corrected chi connectivity index (χ4v) is 5.42. The summed E-state index contributed by atoms with van der Waals surface area (Å²) in [5.41, 5.74) is 1.91. The van der Waals surface area contributed by atoms with Gasteiger partial charge in [0.1, 0.15) is 29.9 Å². The van der Waals surface area contributed by atoms with Crippen LogP contribution in [0.2, 0.25) is 0 Å². The first-order valence-corrected chi connectivity index (χ1v) is 13.1. The largest absolute Gasteiger partial charge is 0.489 e. The number of aryl methyl sites for hydroxylation is 1. The fourth-order valence-electron chi connectivity index (χ4n) is 5.42. The zero-order valence-electron chi connectivity index (χ0n) is 21.7. The average molecular weight is 557 g/mol. The third-order valence-electron chi connectivity index (χ3n) is 7.53. The van der Waals surface area contributed by atoms with Crippen LogP contribution in [0.4, 0.5) is 24.7 Å². The number of alkyl halides is 3. The molecule has 6 rings (SSSR count). The van der Waals surface area contributed by atoms with E-state index in [-0.39, 0.29) is 17.9 Å². The molecule has 4 aromatic rings. The molecule has 0 N–H and O–H groups in total. The van der Waals surface area contributed by atoms with Gasteiger partial charge < -0.3 is 28.9 Å². The van der Waals surface area contributed by atoms with Crippen LogP contribution in [-0.2, 0) is 19.1 Å². The highest BCUT2D eigenvalue weighted by Gasteiger charge is 2.32. The van der Waals surface area contributed by atoms with Crippen LogP contribution in [0.1, 0.15) is 29.7 Å². The molecule has 0 amide bonds. The van der Waals surface area contributed by atoms with E-state index in [0.717, 1.165) is 60.8 Å². The highest BCUT2D eigenvalue weighted by Crippen LogP contribution is 2.34. The number of rotatable bonds is 7. The Morgan fingerprint density at radius 1 is 1.15 bits per heavy atom. The van der Waals surface area contributed by atoms with E-state index in [1.165, 1.54) is 12.3 Å². The summed E-state index contributed by atoms with van der Waals surface area (Å²) in [5.74, 6) is 1.63. The number of piperidine rings is 1. The zero-order valence-corrected chi connectivity index (χ0v) is 21.7. The lowest BCUT2D eigenvalue weighted by Gasteiger charge is -2.33. The monoisotopic (exact) mass is 556 g/mol. The van der Waals surface area contributed by atoms with Crippen molar-refractivity contribution in [2.45, 2.75) is 45.0 Å². The Morgan fingerprint density at radius 3 is 2.65 bits per heavy atom. The van der Waals surface area contributed by atoms with Gasteiger partial charge in [0.2, 0.25) is 0 Å². The smallest absolute Gasteiger partial charge is 0.416 e. The van der Waals surface area contributed by atoms with Crippen molar-refractivity contribution in [3.63, 3.8) is 0 Å². The van der Waals surface area contributed by atoms with E-state index in [4.69, 9.17) is 13.9 Å². The number of benzene rings is 2. The maximum atomic E-state index is 13.0. The van der Waals surface area contributed by atoms with Crippen molar-refractivity contribution in [3.05, 3.63) is 75.7 Å². The number of fused-ring (bicyclic) bond motifs is 2. The number of halogens is 3. The van der Waals surface area contributed by atoms with E-state index in [1.807, 2.05) is 19.1 Å². The van der Waals surface area contributed by atoms with Gasteiger partial charge in [0.05, 0.1) is 12.1 Å². The molecule has 40 heavy (non-hydrogen) atoms. The molecule has 0 saturated carbocycles. The Morgan fingerprint density at radius 2 is 1.95 bits per heavy atom. The number of imidazole rings is 1. The molecule has 2 aliphatic rings. The molecule has 0 aliphatic carbocycles. The van der Waals surface area contributed by atoms with Gasteiger partial charge in [0, 0.05) is 35.6 Å². The first-order chi connectivity index (χ1) is 19.1. The number of ether oxygens (including phenoxy) is 2. The van der Waals surface area contributed by atoms with E-state index >= 15 is 0 Å². The van der Waals surface area contributed by atoms with Crippen LogP contribution in [0.3, 0.4) is 0 Å². The normalized spacial score (nSPS) is 17.7. The van der Waals surface area contributed by atoms with E-state index in [0.29, 0.717) is 36.5 Å². The molecule has 9 nitrogen and oxygen atoms in total. The fraction of sp³-hybridized carbons (Fsp3) is 0.393. The van der Waals surface area contributed by atoms with Crippen LogP contribution >= 0.6 is 0 Å². The molecular formula is C28H27F3N4O5. The second-order valence-corrected chi connectivity index (χ2v) is 10.4. The summed E-state index contributed by atoms with van der Waals surface area (Å²) in [7, 11) is 0. The van der Waals surface area contributed by atoms with Crippen LogP contribution < -0.4 is 14.4 Å². The molecule has 2 aromatic heterocycles. The number of hydrogen-bond donors (Lipinski definition) is 0. The maximum absolute atomic E-state index is 13.0. The van der Waals surface area contributed by atoms with Crippen LogP contribution in [-0.4, -0.2) is 40.3 Å². The molecule has 0 radical (unpaired) electrons. The third-order valence-corrected chi connectivity index (χ3v) is 7.53. The lowest BCUT2D eigenvalue weighted by molar-refractivity contribution is -0.389. The second-order valence-electron chi connectivity index (χ2n) is 10.4. The first-order valence-electron chi connectivity index (χ1n) is 13.1. The molecule has 2 aromatic carbocycles. The number of anilines is 1. The summed E-state index contributed by atoms with van der Waals surface area (Å²) < 4.78 is 58.2. The standard InChI is InChI=1S/C28H27F3N4O5/c1-17-10-21(3-5-24(17)38-16-23-14-34-15-26(35(36)37)32-27(34)40-23)33-8-6-18(7-9-33)11-22-13-19-12-20(28(29,30)31)2-4-25(19)39-22/h2-5,10,12-13,15,18,23H,6-9,11,14,16H2,1H3/t23-/m1/s1. The number of furan rings is 1. The van der Waals surface area contributed by atoms with Crippen molar-refractivity contribution in [3.8, 4) is 11.8 Å². The number of nitro groups is 1. The topological polar surface area (TPSA) is 95.8 Å². The summed E-state index contributed by atoms with van der Waals surface area (Å²) in [6.45, 7) is 4.46. The molecule has 0 spiro atoms. The highest BCUT2D eigenvalue weighted by molar-refractivity contribution is 5.78. The molecule has 0 unspecified atom stereocenters. The maximum Gasteiger partial charge on any atom is 0.416 e. The highest BCUT2D eigenvalue weighted by atomic mass is 19.4. The quantitative estimate of drug-likeness (QED) is 0.199. The van der Waals surface area contributed by atoms with Crippen molar-refractivity contribution in [2.75, 3.05) is 24.6 Å². The van der Waals surface area contributed by atoms with Gasteiger partial charge in [0.25, 0.3) is 0 Å². The summed E-state index contributed by atoms with van der Waals surface area (Å²) in [5, 5.41) is 11.3. The predicted molar refractivity (Wildman–Crippen MR) is 140 cm³/mol. The summed E-state index contributed by atoms with van der Waals surface area (Å²) in [4.78, 5) is 16.5. The molecule has 1 saturated heterocycles. The van der Waals surface area contributed by atoms with Gasteiger partial charge in [0.15, 0.2) is 6.10 Å². The van der Waals surface area contributed by atoms with Crippen LogP contribution in [0.5, 0.6) is 11.8 Å². The van der Waals surface area contributed by atoms with Gasteiger partial charge in [-0.25, -0.2) is 0 Å². The van der Waals surface area contributed by atoms with Gasteiger partial charge in [-0.3, -0.25) is 4.57 Å². The van der Waals surface area contributed by atoms with E-state index < -0.39 is 16.7 Å². The Balaban J connectivity index is 1.00. The average Bonchev–Trinajstić information content (AvgIpc) is 3.60. The Hall–Kier alpha value is -4.22. The van der Waals surface area contributed by atoms with Gasteiger partial charge in [-0.2, -0.15) is 13.2 Å². The summed E-state index contributed by atoms with van der Waals surface area (Å²) in [6.07, 6.45) is -0.680. The minimum Gasteiger partial charge on any atom is -0.489 e. The minimum absolute atomic E-state index is 0.228. The molecular weight excluding hydrogens is 529 g/mol. The molecule has 12 heteroatoms. The molecule has 4 heterocycles. The second kappa shape index (κ2) is 10.1. The minimum atomic E-state index is -4.37.